The lowest BCUT2D eigenvalue weighted by molar-refractivity contribution is -0.150. The highest BCUT2D eigenvalue weighted by molar-refractivity contribution is 5.97. The van der Waals surface area contributed by atoms with Crippen molar-refractivity contribution in [2.45, 2.75) is 38.6 Å². The molecule has 1 saturated carbocycles. The Bertz CT molecular complexity index is 721. The van der Waals surface area contributed by atoms with Gasteiger partial charge in [0.05, 0.1) is 11.9 Å². The molecule has 0 saturated heterocycles. The number of benzene rings is 1. The third-order valence-corrected chi connectivity index (χ3v) is 4.90. The molecule has 0 bridgehead atoms. The van der Waals surface area contributed by atoms with E-state index in [0.717, 1.165) is 48.9 Å². The van der Waals surface area contributed by atoms with E-state index >= 15 is 0 Å². The smallest absolute Gasteiger partial charge is 0.316 e. The molecule has 0 aliphatic heterocycles. The van der Waals surface area contributed by atoms with Gasteiger partial charge in [-0.1, -0.05) is 49.6 Å². The van der Waals surface area contributed by atoms with Gasteiger partial charge in [-0.3, -0.25) is 14.7 Å². The Balaban J connectivity index is 1.67. The van der Waals surface area contributed by atoms with E-state index in [-0.39, 0.29) is 12.5 Å². The third-order valence-electron chi connectivity index (χ3n) is 4.90. The molecule has 6 nitrogen and oxygen atoms in total. The van der Waals surface area contributed by atoms with Crippen molar-refractivity contribution in [3.63, 3.8) is 0 Å². The molecule has 1 aliphatic carbocycles. The molecule has 6 heteroatoms. The zero-order chi connectivity index (χ0) is 17.6. The van der Waals surface area contributed by atoms with E-state index in [1.165, 1.54) is 0 Å². The number of aromatic nitrogens is 2. The normalized spacial score (nSPS) is 16.3. The molecule has 0 spiro atoms. The monoisotopic (exact) mass is 341 g/mol. The molecule has 1 heterocycles. The van der Waals surface area contributed by atoms with Gasteiger partial charge >= 0.3 is 5.97 Å². The van der Waals surface area contributed by atoms with Gasteiger partial charge in [-0.25, -0.2) is 0 Å². The predicted molar refractivity (Wildman–Crippen MR) is 93.6 cm³/mol. The minimum Gasteiger partial charge on any atom is -0.481 e. The number of aromatic amines is 1. The Labute approximate surface area is 146 Å². The van der Waals surface area contributed by atoms with Crippen molar-refractivity contribution in [2.75, 3.05) is 0 Å². The number of amides is 1. The lowest BCUT2D eigenvalue weighted by Crippen LogP contribution is -2.40. The first kappa shape index (κ1) is 17.2. The number of hydrogen-bond acceptors (Lipinski definition) is 3. The number of H-pyrrole nitrogens is 1. The van der Waals surface area contributed by atoms with Crippen LogP contribution in [0, 0.1) is 11.8 Å². The fraction of sp³-hybridized carbons (Fsp3) is 0.421. The average Bonchev–Trinajstić information content (AvgIpc) is 3.10. The second kappa shape index (κ2) is 7.96. The van der Waals surface area contributed by atoms with E-state index in [4.69, 9.17) is 0 Å². The number of aliphatic carboxylic acids is 1. The number of hydrogen-bond donors (Lipinski definition) is 3. The first-order valence-corrected chi connectivity index (χ1v) is 8.75. The highest BCUT2D eigenvalue weighted by atomic mass is 16.4. The van der Waals surface area contributed by atoms with E-state index in [9.17, 15) is 14.7 Å². The summed E-state index contributed by atoms with van der Waals surface area (Å²) in [6.45, 7) is 0.260. The maximum absolute atomic E-state index is 12.5. The van der Waals surface area contributed by atoms with Gasteiger partial charge in [0.2, 0.25) is 5.91 Å². The second-order valence-electron chi connectivity index (χ2n) is 6.57. The number of carbonyl (C=O) groups is 2. The van der Waals surface area contributed by atoms with Crippen molar-refractivity contribution in [3.05, 3.63) is 42.1 Å². The minimum atomic E-state index is -1.03. The van der Waals surface area contributed by atoms with Crippen molar-refractivity contribution in [1.82, 2.24) is 15.5 Å². The van der Waals surface area contributed by atoms with Crippen molar-refractivity contribution in [1.29, 1.82) is 0 Å². The van der Waals surface area contributed by atoms with Crippen molar-refractivity contribution < 1.29 is 14.7 Å². The van der Waals surface area contributed by atoms with Crippen molar-refractivity contribution in [2.24, 2.45) is 11.8 Å². The molecule has 0 radical (unpaired) electrons. The lowest BCUT2D eigenvalue weighted by atomic mass is 9.79. The summed E-state index contributed by atoms with van der Waals surface area (Å²) in [6.07, 6.45) is 6.42. The van der Waals surface area contributed by atoms with E-state index in [0.29, 0.717) is 0 Å². The Hall–Kier alpha value is -2.63. The molecule has 25 heavy (non-hydrogen) atoms. The Kier molecular flexibility index (Phi) is 5.48. The van der Waals surface area contributed by atoms with E-state index < -0.39 is 17.8 Å². The van der Waals surface area contributed by atoms with Gasteiger partial charge < -0.3 is 10.4 Å². The molecular weight excluding hydrogens is 318 g/mol. The number of carbonyl (C=O) groups excluding carboxylic acids is 1. The van der Waals surface area contributed by atoms with Crippen LogP contribution in [0.25, 0.3) is 11.3 Å². The van der Waals surface area contributed by atoms with Gasteiger partial charge in [-0.05, 0) is 24.3 Å². The maximum Gasteiger partial charge on any atom is 0.316 e. The molecule has 2 aromatic rings. The fourth-order valence-electron chi connectivity index (χ4n) is 3.59. The number of rotatable bonds is 6. The lowest BCUT2D eigenvalue weighted by Gasteiger charge is -2.26. The van der Waals surface area contributed by atoms with E-state index in [1.807, 2.05) is 30.3 Å². The Morgan fingerprint density at radius 3 is 2.60 bits per heavy atom. The van der Waals surface area contributed by atoms with Crippen LogP contribution in [-0.4, -0.2) is 27.2 Å². The fourth-order valence-corrected chi connectivity index (χ4v) is 3.59. The van der Waals surface area contributed by atoms with Crippen LogP contribution in [0.4, 0.5) is 0 Å². The molecule has 1 amide bonds. The summed E-state index contributed by atoms with van der Waals surface area (Å²) in [6, 6.07) is 9.72. The number of carboxylic acids is 1. The summed E-state index contributed by atoms with van der Waals surface area (Å²) in [5.41, 5.74) is 2.66. The minimum absolute atomic E-state index is 0.0656. The Morgan fingerprint density at radius 2 is 1.92 bits per heavy atom. The van der Waals surface area contributed by atoms with Crippen molar-refractivity contribution >= 4 is 11.9 Å². The predicted octanol–water partition coefficient (Wildman–Crippen LogP) is 2.97. The quantitative estimate of drug-likeness (QED) is 0.704. The molecule has 132 valence electrons. The van der Waals surface area contributed by atoms with Gasteiger partial charge in [-0.2, -0.15) is 5.10 Å². The highest BCUT2D eigenvalue weighted by Gasteiger charge is 2.35. The van der Waals surface area contributed by atoms with Gasteiger partial charge in [0.15, 0.2) is 0 Å². The maximum atomic E-state index is 12.5. The first-order chi connectivity index (χ1) is 12.2. The molecule has 1 aliphatic rings. The van der Waals surface area contributed by atoms with E-state index in [2.05, 4.69) is 15.5 Å². The summed E-state index contributed by atoms with van der Waals surface area (Å²) in [4.78, 5) is 24.1. The molecule has 1 atom stereocenters. The van der Waals surface area contributed by atoms with Gasteiger partial charge in [0.25, 0.3) is 0 Å². The SMILES string of the molecule is O=C(O)[C@H](C(=O)NCc1cn[nH]c1-c1ccccc1)C1CCCCC1. The molecule has 3 rings (SSSR count). The second-order valence-corrected chi connectivity index (χ2v) is 6.57. The van der Waals surface area contributed by atoms with Crippen LogP contribution >= 0.6 is 0 Å². The highest BCUT2D eigenvalue weighted by Crippen LogP contribution is 2.30. The molecule has 1 aromatic carbocycles. The van der Waals surface area contributed by atoms with E-state index in [1.54, 1.807) is 6.20 Å². The standard InChI is InChI=1S/C19H23N3O3/c23-18(16(19(24)25)13-7-3-1-4-8-13)20-11-15-12-21-22-17(15)14-9-5-2-6-10-14/h2,5-6,9-10,12-13,16H,1,3-4,7-8,11H2,(H,20,23)(H,21,22)(H,24,25)/t16-/m0/s1. The average molecular weight is 341 g/mol. The molecule has 0 unspecified atom stereocenters. The van der Waals surface area contributed by atoms with Crippen LogP contribution in [0.1, 0.15) is 37.7 Å². The summed E-state index contributed by atoms with van der Waals surface area (Å²) >= 11 is 0. The van der Waals surface area contributed by atoms with Crippen molar-refractivity contribution in [3.8, 4) is 11.3 Å². The third kappa shape index (κ3) is 4.07. The van der Waals surface area contributed by atoms with Crippen LogP contribution in [0.15, 0.2) is 36.5 Å². The van der Waals surface area contributed by atoms with Crippen LogP contribution in [0.2, 0.25) is 0 Å². The number of carboxylic acid groups (broad SMARTS) is 1. The van der Waals surface area contributed by atoms with Gasteiger partial charge in [0.1, 0.15) is 5.92 Å². The summed E-state index contributed by atoms with van der Waals surface area (Å²) in [5, 5.41) is 19.3. The summed E-state index contributed by atoms with van der Waals surface area (Å²) in [5.74, 6) is -2.46. The van der Waals surface area contributed by atoms with Gasteiger partial charge in [0, 0.05) is 12.1 Å². The zero-order valence-corrected chi connectivity index (χ0v) is 14.1. The van der Waals surface area contributed by atoms with Crippen LogP contribution < -0.4 is 5.32 Å². The molecule has 1 fully saturated rings. The molecule has 1 aromatic heterocycles. The number of nitrogens with one attached hydrogen (secondary N) is 2. The zero-order valence-electron chi connectivity index (χ0n) is 14.1. The summed E-state index contributed by atoms with van der Waals surface area (Å²) < 4.78 is 0. The largest absolute Gasteiger partial charge is 0.481 e. The van der Waals surface area contributed by atoms with Crippen LogP contribution in [-0.2, 0) is 16.1 Å². The summed E-state index contributed by atoms with van der Waals surface area (Å²) in [7, 11) is 0. The first-order valence-electron chi connectivity index (χ1n) is 8.75. The topological polar surface area (TPSA) is 95.1 Å². The molecule has 3 N–H and O–H groups in total. The molecular formula is C19H23N3O3. The Morgan fingerprint density at radius 1 is 1.20 bits per heavy atom. The van der Waals surface area contributed by atoms with Gasteiger partial charge in [-0.15, -0.1) is 0 Å². The van der Waals surface area contributed by atoms with Crippen LogP contribution in [0.3, 0.4) is 0 Å². The number of nitrogens with zero attached hydrogens (tertiary/aromatic N) is 1. The van der Waals surface area contributed by atoms with Crippen LogP contribution in [0.5, 0.6) is 0 Å².